The third-order valence-corrected chi connectivity index (χ3v) is 4.43. The van der Waals surface area contributed by atoms with E-state index in [9.17, 15) is 9.90 Å². The molecule has 3 heteroatoms. The molecule has 0 aliphatic heterocycles. The SMILES string of the molecule is CC1CCCC(C(=O)NCC2(O)CCCC2)C1. The molecule has 17 heavy (non-hydrogen) atoms. The fourth-order valence-corrected chi connectivity index (χ4v) is 3.28. The number of hydrogen-bond donors (Lipinski definition) is 2. The topological polar surface area (TPSA) is 49.3 Å². The summed E-state index contributed by atoms with van der Waals surface area (Å²) in [5.41, 5.74) is -0.615. The summed E-state index contributed by atoms with van der Waals surface area (Å²) in [4.78, 5) is 12.0. The van der Waals surface area contributed by atoms with E-state index in [-0.39, 0.29) is 11.8 Å². The van der Waals surface area contributed by atoms with Gasteiger partial charge in [-0.15, -0.1) is 0 Å². The summed E-state index contributed by atoms with van der Waals surface area (Å²) in [6.45, 7) is 2.68. The second kappa shape index (κ2) is 5.38. The lowest BCUT2D eigenvalue weighted by molar-refractivity contribution is -0.127. The van der Waals surface area contributed by atoms with Crippen molar-refractivity contribution in [1.29, 1.82) is 0 Å². The van der Waals surface area contributed by atoms with Crippen LogP contribution in [0, 0.1) is 11.8 Å². The smallest absolute Gasteiger partial charge is 0.223 e. The molecule has 3 nitrogen and oxygen atoms in total. The van der Waals surface area contributed by atoms with Gasteiger partial charge in [-0.3, -0.25) is 4.79 Å². The van der Waals surface area contributed by atoms with Crippen molar-refractivity contribution in [3.05, 3.63) is 0 Å². The van der Waals surface area contributed by atoms with Crippen molar-refractivity contribution >= 4 is 5.91 Å². The summed E-state index contributed by atoms with van der Waals surface area (Å²) in [7, 11) is 0. The van der Waals surface area contributed by atoms with E-state index in [4.69, 9.17) is 0 Å². The van der Waals surface area contributed by atoms with Gasteiger partial charge < -0.3 is 10.4 Å². The van der Waals surface area contributed by atoms with Crippen LogP contribution in [0.3, 0.4) is 0 Å². The molecule has 2 atom stereocenters. The second-order valence-corrected chi connectivity index (χ2v) is 6.12. The average Bonchev–Trinajstić information content (AvgIpc) is 2.74. The number of hydrogen-bond acceptors (Lipinski definition) is 2. The Bertz CT molecular complexity index is 271. The third kappa shape index (κ3) is 3.44. The van der Waals surface area contributed by atoms with Gasteiger partial charge in [0.1, 0.15) is 0 Å². The fraction of sp³-hybridized carbons (Fsp3) is 0.929. The minimum atomic E-state index is -0.615. The van der Waals surface area contributed by atoms with Crippen LogP contribution >= 0.6 is 0 Å². The van der Waals surface area contributed by atoms with E-state index in [0.29, 0.717) is 12.5 Å². The molecule has 0 aromatic heterocycles. The van der Waals surface area contributed by atoms with Gasteiger partial charge in [-0.05, 0) is 31.6 Å². The molecule has 0 saturated heterocycles. The van der Waals surface area contributed by atoms with E-state index in [1.54, 1.807) is 0 Å². The summed E-state index contributed by atoms with van der Waals surface area (Å²) in [6.07, 6.45) is 8.33. The van der Waals surface area contributed by atoms with Crippen LogP contribution < -0.4 is 5.32 Å². The van der Waals surface area contributed by atoms with Gasteiger partial charge in [-0.1, -0.05) is 32.6 Å². The molecule has 2 unspecified atom stereocenters. The molecule has 2 fully saturated rings. The monoisotopic (exact) mass is 239 g/mol. The summed E-state index contributed by atoms with van der Waals surface area (Å²) in [5.74, 6) is 1.02. The van der Waals surface area contributed by atoms with Crippen molar-refractivity contribution in [3.63, 3.8) is 0 Å². The lowest BCUT2D eigenvalue weighted by Gasteiger charge is -2.28. The van der Waals surface area contributed by atoms with Gasteiger partial charge in [0.05, 0.1) is 5.60 Å². The molecule has 2 aliphatic rings. The van der Waals surface area contributed by atoms with Crippen molar-refractivity contribution in [2.75, 3.05) is 6.54 Å². The van der Waals surface area contributed by atoms with E-state index < -0.39 is 5.60 Å². The standard InChI is InChI=1S/C14H25NO2/c1-11-5-4-6-12(9-11)13(16)15-10-14(17)7-2-3-8-14/h11-12,17H,2-10H2,1H3,(H,15,16). The summed E-state index contributed by atoms with van der Waals surface area (Å²) in [6, 6.07) is 0. The zero-order valence-electron chi connectivity index (χ0n) is 10.9. The Hall–Kier alpha value is -0.570. The Balaban J connectivity index is 1.76. The first kappa shape index (κ1) is 12.9. The molecular weight excluding hydrogens is 214 g/mol. The molecular formula is C14H25NO2. The molecule has 0 heterocycles. The minimum Gasteiger partial charge on any atom is -0.388 e. The quantitative estimate of drug-likeness (QED) is 0.793. The molecule has 0 radical (unpaired) electrons. The summed E-state index contributed by atoms with van der Waals surface area (Å²) >= 11 is 0. The first-order valence-corrected chi connectivity index (χ1v) is 7.09. The van der Waals surface area contributed by atoms with E-state index in [0.717, 1.165) is 38.5 Å². The first-order chi connectivity index (χ1) is 8.09. The number of amides is 1. The van der Waals surface area contributed by atoms with E-state index in [1.165, 1.54) is 12.8 Å². The van der Waals surface area contributed by atoms with E-state index in [1.807, 2.05) is 0 Å². The largest absolute Gasteiger partial charge is 0.388 e. The van der Waals surface area contributed by atoms with Crippen LogP contribution in [0.25, 0.3) is 0 Å². The van der Waals surface area contributed by atoms with Crippen molar-refractivity contribution < 1.29 is 9.90 Å². The van der Waals surface area contributed by atoms with Crippen LogP contribution in [0.4, 0.5) is 0 Å². The Kier molecular flexibility index (Phi) is 4.08. The Morgan fingerprint density at radius 3 is 2.65 bits per heavy atom. The maximum atomic E-state index is 12.0. The second-order valence-electron chi connectivity index (χ2n) is 6.12. The molecule has 98 valence electrons. The Morgan fingerprint density at radius 2 is 2.00 bits per heavy atom. The van der Waals surface area contributed by atoms with Crippen LogP contribution in [0.1, 0.15) is 58.3 Å². The number of carbonyl (C=O) groups excluding carboxylic acids is 1. The zero-order valence-corrected chi connectivity index (χ0v) is 10.9. The van der Waals surface area contributed by atoms with Gasteiger partial charge >= 0.3 is 0 Å². The number of nitrogens with one attached hydrogen (secondary N) is 1. The number of rotatable bonds is 3. The van der Waals surface area contributed by atoms with E-state index in [2.05, 4.69) is 12.2 Å². The number of carbonyl (C=O) groups is 1. The predicted molar refractivity (Wildman–Crippen MR) is 67.5 cm³/mol. The van der Waals surface area contributed by atoms with Gasteiger partial charge in [0.25, 0.3) is 0 Å². The Morgan fingerprint density at radius 1 is 1.29 bits per heavy atom. The van der Waals surface area contributed by atoms with E-state index >= 15 is 0 Å². The molecule has 0 spiro atoms. The highest BCUT2D eigenvalue weighted by Gasteiger charge is 2.32. The highest BCUT2D eigenvalue weighted by Crippen LogP contribution is 2.30. The maximum Gasteiger partial charge on any atom is 0.223 e. The maximum absolute atomic E-state index is 12.0. The molecule has 2 aliphatic carbocycles. The highest BCUT2D eigenvalue weighted by atomic mass is 16.3. The molecule has 2 rings (SSSR count). The minimum absolute atomic E-state index is 0.164. The van der Waals surface area contributed by atoms with Crippen molar-refractivity contribution in [2.45, 2.75) is 63.9 Å². The lowest BCUT2D eigenvalue weighted by atomic mass is 9.82. The molecule has 2 N–H and O–H groups in total. The average molecular weight is 239 g/mol. The lowest BCUT2D eigenvalue weighted by Crippen LogP contribution is -2.43. The van der Waals surface area contributed by atoms with Crippen molar-refractivity contribution in [1.82, 2.24) is 5.32 Å². The zero-order chi connectivity index (χ0) is 12.3. The molecule has 0 aromatic rings. The van der Waals surface area contributed by atoms with Gasteiger partial charge in [0.2, 0.25) is 5.91 Å². The van der Waals surface area contributed by atoms with Gasteiger partial charge in [-0.25, -0.2) is 0 Å². The van der Waals surface area contributed by atoms with Gasteiger partial charge in [0, 0.05) is 12.5 Å². The summed E-state index contributed by atoms with van der Waals surface area (Å²) in [5, 5.41) is 13.1. The molecule has 1 amide bonds. The molecule has 0 aromatic carbocycles. The van der Waals surface area contributed by atoms with Crippen molar-refractivity contribution in [3.8, 4) is 0 Å². The van der Waals surface area contributed by atoms with Gasteiger partial charge in [-0.2, -0.15) is 0 Å². The van der Waals surface area contributed by atoms with Gasteiger partial charge in [0.15, 0.2) is 0 Å². The molecule has 0 bridgehead atoms. The van der Waals surface area contributed by atoms with Crippen molar-refractivity contribution in [2.24, 2.45) is 11.8 Å². The highest BCUT2D eigenvalue weighted by molar-refractivity contribution is 5.78. The first-order valence-electron chi connectivity index (χ1n) is 7.09. The number of aliphatic hydroxyl groups is 1. The molecule has 2 saturated carbocycles. The van der Waals surface area contributed by atoms with Crippen LogP contribution in [-0.2, 0) is 4.79 Å². The van der Waals surface area contributed by atoms with Crippen LogP contribution in [-0.4, -0.2) is 23.2 Å². The fourth-order valence-electron chi connectivity index (χ4n) is 3.28. The third-order valence-electron chi connectivity index (χ3n) is 4.43. The normalized spacial score (nSPS) is 32.4. The predicted octanol–water partition coefficient (Wildman–Crippen LogP) is 2.23. The Labute approximate surface area is 104 Å². The van der Waals surface area contributed by atoms with Crippen LogP contribution in [0.15, 0.2) is 0 Å². The summed E-state index contributed by atoms with van der Waals surface area (Å²) < 4.78 is 0. The van der Waals surface area contributed by atoms with Crippen LogP contribution in [0.2, 0.25) is 0 Å². The van der Waals surface area contributed by atoms with Crippen LogP contribution in [0.5, 0.6) is 0 Å².